The van der Waals surface area contributed by atoms with Crippen molar-refractivity contribution in [2.45, 2.75) is 30.2 Å². The molecule has 3 heterocycles. The zero-order chi connectivity index (χ0) is 26.6. The minimum Gasteiger partial charge on any atom is -0.472 e. The molecule has 0 unspecified atom stereocenters. The number of pyridine rings is 1. The van der Waals surface area contributed by atoms with E-state index in [1.807, 2.05) is 49.4 Å². The first-order chi connectivity index (χ1) is 17.7. The maximum atomic E-state index is 13.6. The van der Waals surface area contributed by atoms with Crippen LogP contribution in [0.2, 0.25) is 0 Å². The van der Waals surface area contributed by atoms with Gasteiger partial charge in [-0.2, -0.15) is 4.31 Å². The number of benzene rings is 1. The Balaban J connectivity index is 1.67. The van der Waals surface area contributed by atoms with Crippen molar-refractivity contribution in [2.75, 3.05) is 26.7 Å². The van der Waals surface area contributed by atoms with Crippen LogP contribution in [0.5, 0.6) is 5.88 Å². The molecule has 10 heteroatoms. The van der Waals surface area contributed by atoms with Gasteiger partial charge in [0, 0.05) is 25.7 Å². The van der Waals surface area contributed by atoms with E-state index in [-0.39, 0.29) is 40.6 Å². The van der Waals surface area contributed by atoms with E-state index in [4.69, 9.17) is 4.74 Å². The number of ether oxygens (including phenoxy) is 1. The number of sulfonamides is 1. The van der Waals surface area contributed by atoms with Gasteiger partial charge < -0.3 is 14.7 Å². The zero-order valence-electron chi connectivity index (χ0n) is 21.0. The Morgan fingerprint density at radius 2 is 1.95 bits per heavy atom. The number of aromatic nitrogens is 1. The molecule has 37 heavy (non-hydrogen) atoms. The molecule has 0 saturated carbocycles. The summed E-state index contributed by atoms with van der Waals surface area (Å²) >= 11 is 1.16. The van der Waals surface area contributed by atoms with E-state index in [1.165, 1.54) is 11.4 Å². The van der Waals surface area contributed by atoms with Gasteiger partial charge in [0.05, 0.1) is 19.2 Å². The Hall–Kier alpha value is -3.05. The Bertz CT molecular complexity index is 1340. The molecule has 0 spiro atoms. The van der Waals surface area contributed by atoms with Gasteiger partial charge in [0.1, 0.15) is 15.9 Å². The van der Waals surface area contributed by atoms with Crippen molar-refractivity contribution in [3.05, 3.63) is 76.8 Å². The topological polar surface area (TPSA) is 100 Å². The normalized spacial score (nSPS) is 19.4. The first-order valence-corrected chi connectivity index (χ1v) is 14.3. The van der Waals surface area contributed by atoms with Gasteiger partial charge in [0.25, 0.3) is 15.9 Å². The van der Waals surface area contributed by atoms with Gasteiger partial charge in [-0.25, -0.2) is 13.4 Å². The summed E-state index contributed by atoms with van der Waals surface area (Å²) in [6.07, 6.45) is 4.86. The molecular weight excluding hydrogens is 510 g/mol. The number of fused-ring (bicyclic) bond motifs is 1. The van der Waals surface area contributed by atoms with Crippen LogP contribution in [-0.2, 0) is 10.0 Å². The predicted octanol–water partition coefficient (Wildman–Crippen LogP) is 3.85. The highest BCUT2D eigenvalue weighted by molar-refractivity contribution is 7.91. The van der Waals surface area contributed by atoms with Crippen LogP contribution >= 0.6 is 11.3 Å². The molecule has 0 aliphatic carbocycles. The number of carbonyl (C=O) groups is 1. The molecule has 1 aromatic carbocycles. The molecule has 0 radical (unpaired) electrons. The van der Waals surface area contributed by atoms with E-state index in [1.54, 1.807) is 41.6 Å². The van der Waals surface area contributed by atoms with Crippen LogP contribution in [0.15, 0.2) is 64.3 Å². The van der Waals surface area contributed by atoms with Gasteiger partial charge in [-0.3, -0.25) is 4.79 Å². The summed E-state index contributed by atoms with van der Waals surface area (Å²) in [7, 11) is -2.16. The van der Waals surface area contributed by atoms with Gasteiger partial charge in [-0.05, 0) is 35.6 Å². The lowest BCUT2D eigenvalue weighted by atomic mass is 10.00. The van der Waals surface area contributed by atoms with Crippen LogP contribution in [0.3, 0.4) is 0 Å². The Morgan fingerprint density at radius 3 is 2.62 bits per heavy atom. The van der Waals surface area contributed by atoms with Crippen LogP contribution < -0.4 is 4.74 Å². The lowest BCUT2D eigenvalue weighted by Gasteiger charge is -2.37. The molecule has 3 atom stereocenters. The third-order valence-corrected chi connectivity index (χ3v) is 9.60. The van der Waals surface area contributed by atoms with E-state index in [0.29, 0.717) is 6.54 Å². The number of thiophene rings is 1. The van der Waals surface area contributed by atoms with E-state index in [2.05, 4.69) is 4.98 Å². The average Bonchev–Trinajstić information content (AvgIpc) is 3.46. The van der Waals surface area contributed by atoms with Gasteiger partial charge >= 0.3 is 0 Å². The fraction of sp³-hybridized carbons (Fsp3) is 0.333. The van der Waals surface area contributed by atoms with E-state index >= 15 is 0 Å². The van der Waals surface area contributed by atoms with Crippen molar-refractivity contribution in [1.29, 1.82) is 0 Å². The number of aliphatic hydroxyl groups excluding tert-OH is 1. The first-order valence-electron chi connectivity index (χ1n) is 12.0. The Labute approximate surface area is 221 Å². The molecule has 1 aliphatic heterocycles. The third-order valence-electron chi connectivity index (χ3n) is 6.41. The molecule has 4 rings (SSSR count). The Morgan fingerprint density at radius 1 is 1.22 bits per heavy atom. The second-order valence-corrected chi connectivity index (χ2v) is 12.4. The highest BCUT2D eigenvalue weighted by atomic mass is 32.2. The molecule has 1 aliphatic rings. The standard InChI is InChI=1S/C27H31N3O5S2/c1-19-16-30(20(2)18-31)27(32)23-14-22(12-11-21-8-5-4-6-9-21)15-28-26(23)35-24(19)17-29(3)37(33,34)25-10-7-13-36-25/h4-15,19-20,24,31H,16-18H2,1-3H3/b12-11+/t19-,20-,24+/m0/s1. The van der Waals surface area contributed by atoms with Crippen LogP contribution in [-0.4, -0.2) is 72.5 Å². The molecule has 2 aromatic heterocycles. The van der Waals surface area contributed by atoms with Gasteiger partial charge in [0.2, 0.25) is 5.88 Å². The fourth-order valence-electron chi connectivity index (χ4n) is 4.10. The largest absolute Gasteiger partial charge is 0.472 e. The molecule has 0 saturated heterocycles. The minimum atomic E-state index is -3.68. The van der Waals surface area contributed by atoms with Crippen molar-refractivity contribution in [2.24, 2.45) is 5.92 Å². The van der Waals surface area contributed by atoms with E-state index in [9.17, 15) is 18.3 Å². The number of hydrogen-bond donors (Lipinski definition) is 1. The minimum absolute atomic E-state index is 0.0771. The van der Waals surface area contributed by atoms with Crippen molar-refractivity contribution < 1.29 is 23.1 Å². The van der Waals surface area contributed by atoms with Crippen LogP contribution in [0, 0.1) is 5.92 Å². The number of amides is 1. The summed E-state index contributed by atoms with van der Waals surface area (Å²) in [4.78, 5) is 19.6. The average molecular weight is 542 g/mol. The van der Waals surface area contributed by atoms with Gasteiger partial charge in [-0.1, -0.05) is 55.5 Å². The van der Waals surface area contributed by atoms with Crippen LogP contribution in [0.25, 0.3) is 12.2 Å². The lowest BCUT2D eigenvalue weighted by Crippen LogP contribution is -2.50. The Kier molecular flexibility index (Phi) is 8.43. The summed E-state index contributed by atoms with van der Waals surface area (Å²) in [5.41, 5.74) is 2.01. The summed E-state index contributed by atoms with van der Waals surface area (Å²) in [5.74, 6) is -0.370. The van der Waals surface area contributed by atoms with Crippen molar-refractivity contribution >= 4 is 39.4 Å². The summed E-state index contributed by atoms with van der Waals surface area (Å²) in [5, 5.41) is 11.6. The van der Waals surface area contributed by atoms with Crippen LogP contribution in [0.1, 0.15) is 35.3 Å². The van der Waals surface area contributed by atoms with Crippen molar-refractivity contribution in [3.63, 3.8) is 0 Å². The molecule has 0 bridgehead atoms. The maximum Gasteiger partial charge on any atom is 0.259 e. The number of nitrogens with zero attached hydrogens (tertiary/aromatic N) is 3. The molecule has 196 valence electrons. The number of aliphatic hydroxyl groups is 1. The van der Waals surface area contributed by atoms with Gasteiger partial charge in [0.15, 0.2) is 0 Å². The quantitative estimate of drug-likeness (QED) is 0.465. The smallest absolute Gasteiger partial charge is 0.259 e. The summed E-state index contributed by atoms with van der Waals surface area (Å²) in [6, 6.07) is 14.3. The van der Waals surface area contributed by atoms with E-state index < -0.39 is 22.2 Å². The molecule has 8 nitrogen and oxygen atoms in total. The number of likely N-dealkylation sites (N-methyl/N-ethyl adjacent to an activating group) is 1. The molecule has 1 N–H and O–H groups in total. The first kappa shape index (κ1) is 27.0. The zero-order valence-corrected chi connectivity index (χ0v) is 22.7. The number of rotatable bonds is 8. The predicted molar refractivity (Wildman–Crippen MR) is 145 cm³/mol. The molecule has 0 fully saturated rings. The number of hydrogen-bond acceptors (Lipinski definition) is 7. The fourth-order valence-corrected chi connectivity index (χ4v) is 6.48. The molecule has 1 amide bonds. The second-order valence-electron chi connectivity index (χ2n) is 9.21. The highest BCUT2D eigenvalue weighted by Gasteiger charge is 2.36. The second kappa shape index (κ2) is 11.6. The van der Waals surface area contributed by atoms with Crippen LogP contribution in [0.4, 0.5) is 0 Å². The summed E-state index contributed by atoms with van der Waals surface area (Å²) < 4.78 is 33.8. The molecule has 3 aromatic rings. The monoisotopic (exact) mass is 541 g/mol. The summed E-state index contributed by atoms with van der Waals surface area (Å²) in [6.45, 7) is 3.85. The van der Waals surface area contributed by atoms with Gasteiger partial charge in [-0.15, -0.1) is 11.3 Å². The number of carbonyl (C=O) groups excluding carboxylic acids is 1. The van der Waals surface area contributed by atoms with E-state index in [0.717, 1.165) is 22.5 Å². The molecular formula is C27H31N3O5S2. The van der Waals surface area contributed by atoms with Crippen molar-refractivity contribution in [1.82, 2.24) is 14.2 Å². The maximum absolute atomic E-state index is 13.6. The lowest BCUT2D eigenvalue weighted by molar-refractivity contribution is 0.0373. The highest BCUT2D eigenvalue weighted by Crippen LogP contribution is 2.29. The SMILES string of the molecule is C[C@H]1CN([C@@H](C)CO)C(=O)c2cc(/C=C/c3ccccc3)cnc2O[C@@H]1CN(C)S(=O)(=O)c1cccs1. The third kappa shape index (κ3) is 6.10. The van der Waals surface area contributed by atoms with Crippen molar-refractivity contribution in [3.8, 4) is 5.88 Å².